The summed E-state index contributed by atoms with van der Waals surface area (Å²) in [7, 11) is 0. The summed E-state index contributed by atoms with van der Waals surface area (Å²) in [5, 5.41) is 7.52. The minimum atomic E-state index is -0.490. The van der Waals surface area contributed by atoms with Gasteiger partial charge >= 0.3 is 0 Å². The lowest BCUT2D eigenvalue weighted by Gasteiger charge is -2.04. The minimum Gasteiger partial charge on any atom is -0.306 e. The molecule has 0 unspecified atom stereocenters. The van der Waals surface area contributed by atoms with E-state index in [1.165, 1.54) is 33.6 Å². The van der Waals surface area contributed by atoms with Crippen molar-refractivity contribution in [3.05, 3.63) is 126 Å². The van der Waals surface area contributed by atoms with Crippen LogP contribution in [0.1, 0.15) is 22.3 Å². The number of aromatic nitrogens is 6. The molecule has 14 heteroatoms. The number of hydrogen-bond acceptors (Lipinski definition) is 4. The summed E-state index contributed by atoms with van der Waals surface area (Å²) in [6, 6.07) is 9.35. The molecule has 0 aliphatic heterocycles. The zero-order chi connectivity index (χ0) is 30.7. The van der Waals surface area contributed by atoms with Gasteiger partial charge in [-0.15, -0.1) is 5.73 Å². The van der Waals surface area contributed by atoms with Gasteiger partial charge in [0, 0.05) is 10.0 Å². The van der Waals surface area contributed by atoms with Crippen LogP contribution in [0.3, 0.4) is 0 Å². The first-order valence-corrected chi connectivity index (χ1v) is 14.1. The number of nitrogens with one attached hydrogen (secondary N) is 4. The number of aryl methyl sites for hydroxylation is 2. The van der Waals surface area contributed by atoms with Crippen molar-refractivity contribution in [1.29, 1.82) is 0 Å². The molecule has 43 heavy (non-hydrogen) atoms. The van der Waals surface area contributed by atoms with E-state index in [0.717, 1.165) is 0 Å². The monoisotopic (exact) mass is 654 g/mol. The number of benzene rings is 2. The zero-order valence-corrected chi connectivity index (χ0v) is 25.2. The fraction of sp³-hybridized carbons (Fsp3) is 0.0690. The first-order chi connectivity index (χ1) is 20.5. The largest absolute Gasteiger partial charge is 0.306 e. The Morgan fingerprint density at radius 3 is 1.42 bits per heavy atom. The maximum absolute atomic E-state index is 13.3. The molecule has 0 spiro atoms. The molecule has 0 aliphatic rings. The van der Waals surface area contributed by atoms with Gasteiger partial charge in [-0.1, -0.05) is 46.4 Å². The first kappa shape index (κ1) is 28.7. The number of fused-ring (bicyclic) bond motifs is 2. The highest BCUT2D eigenvalue weighted by atomic mass is 35.5. The van der Waals surface area contributed by atoms with Gasteiger partial charge in [-0.2, -0.15) is 0 Å². The fourth-order valence-corrected chi connectivity index (χ4v) is 5.93. The summed E-state index contributed by atoms with van der Waals surface area (Å²) in [4.78, 5) is 57.9. The molecule has 4 heterocycles. The first-order valence-electron chi connectivity index (χ1n) is 12.5. The molecular weight excluding hydrogens is 638 g/mol. The SMILES string of the molecule is Cc1c(C=C=Cc2c(C)c3c(=O)n(-c4ccc(Cl)cc4Cl)[nH]c3[nH]c2=O)c(=O)[nH]c2[nH]n(-c3ccc(Cl)cc3Cl)c(=O)c12. The van der Waals surface area contributed by atoms with Crippen LogP contribution in [0.15, 0.2) is 61.3 Å². The van der Waals surface area contributed by atoms with Crippen molar-refractivity contribution in [2.75, 3.05) is 0 Å². The van der Waals surface area contributed by atoms with E-state index in [0.29, 0.717) is 32.5 Å². The number of rotatable bonds is 4. The Morgan fingerprint density at radius 1 is 0.651 bits per heavy atom. The molecule has 10 nitrogen and oxygen atoms in total. The van der Waals surface area contributed by atoms with Crippen molar-refractivity contribution in [3.63, 3.8) is 0 Å². The Morgan fingerprint density at radius 2 is 1.05 bits per heavy atom. The van der Waals surface area contributed by atoms with E-state index in [9.17, 15) is 19.2 Å². The predicted molar refractivity (Wildman–Crippen MR) is 171 cm³/mol. The average Bonchev–Trinajstić information content (AvgIpc) is 3.43. The Bertz CT molecular complexity index is 2290. The van der Waals surface area contributed by atoms with Gasteiger partial charge < -0.3 is 9.97 Å². The van der Waals surface area contributed by atoms with Gasteiger partial charge in [0.1, 0.15) is 11.3 Å². The van der Waals surface area contributed by atoms with Gasteiger partial charge in [-0.05, 0) is 73.5 Å². The Kier molecular flexibility index (Phi) is 7.12. The van der Waals surface area contributed by atoms with E-state index in [1.54, 1.807) is 38.1 Å². The van der Waals surface area contributed by atoms with Gasteiger partial charge in [0.25, 0.3) is 22.2 Å². The summed E-state index contributed by atoms with van der Waals surface area (Å²) in [5.74, 6) is 0. The summed E-state index contributed by atoms with van der Waals surface area (Å²) in [6.07, 6.45) is 2.73. The Balaban J connectivity index is 1.45. The van der Waals surface area contributed by atoms with Crippen LogP contribution < -0.4 is 22.2 Å². The summed E-state index contributed by atoms with van der Waals surface area (Å²) in [6.45, 7) is 3.25. The lowest BCUT2D eigenvalue weighted by atomic mass is 10.1. The van der Waals surface area contributed by atoms with E-state index in [1.807, 2.05) is 0 Å². The van der Waals surface area contributed by atoms with E-state index in [2.05, 4.69) is 25.9 Å². The van der Waals surface area contributed by atoms with Gasteiger partial charge in [-0.3, -0.25) is 29.4 Å². The highest BCUT2D eigenvalue weighted by Gasteiger charge is 2.18. The number of halogens is 4. The molecule has 0 fully saturated rings. The molecule has 0 atom stereocenters. The normalized spacial score (nSPS) is 11.3. The number of hydrogen-bond donors (Lipinski definition) is 4. The van der Waals surface area contributed by atoms with Crippen LogP contribution in [0.4, 0.5) is 0 Å². The molecule has 0 amide bonds. The molecule has 0 saturated heterocycles. The molecule has 216 valence electrons. The highest BCUT2D eigenvalue weighted by Crippen LogP contribution is 2.26. The van der Waals surface area contributed by atoms with Crippen LogP contribution in [0.2, 0.25) is 20.1 Å². The fourth-order valence-electron chi connectivity index (χ4n) is 4.94. The van der Waals surface area contributed by atoms with Gasteiger partial charge in [0.05, 0.1) is 43.3 Å². The van der Waals surface area contributed by atoms with Gasteiger partial charge in [0.15, 0.2) is 0 Å². The lowest BCUT2D eigenvalue weighted by Crippen LogP contribution is -2.16. The highest BCUT2D eigenvalue weighted by molar-refractivity contribution is 6.36. The minimum absolute atomic E-state index is 0.158. The average molecular weight is 656 g/mol. The van der Waals surface area contributed by atoms with E-state index < -0.39 is 22.2 Å². The maximum Gasteiger partial charge on any atom is 0.281 e. The van der Waals surface area contributed by atoms with Crippen molar-refractivity contribution in [2.24, 2.45) is 0 Å². The molecule has 4 aromatic heterocycles. The number of aromatic amines is 4. The molecule has 0 saturated carbocycles. The van der Waals surface area contributed by atoms with Crippen molar-refractivity contribution >= 4 is 80.6 Å². The molecule has 6 aromatic rings. The molecular formula is C29H18Cl4N6O4. The van der Waals surface area contributed by atoms with Crippen molar-refractivity contribution < 1.29 is 0 Å². The van der Waals surface area contributed by atoms with Crippen molar-refractivity contribution in [2.45, 2.75) is 13.8 Å². The second kappa shape index (κ2) is 10.7. The molecule has 4 N–H and O–H groups in total. The molecule has 0 radical (unpaired) electrons. The lowest BCUT2D eigenvalue weighted by molar-refractivity contribution is 0.858. The van der Waals surface area contributed by atoms with E-state index in [4.69, 9.17) is 46.4 Å². The van der Waals surface area contributed by atoms with Crippen LogP contribution >= 0.6 is 46.4 Å². The van der Waals surface area contributed by atoms with Crippen LogP contribution in [-0.4, -0.2) is 29.5 Å². The third-order valence-electron chi connectivity index (χ3n) is 7.06. The number of H-pyrrole nitrogens is 4. The molecule has 6 rings (SSSR count). The Hall–Kier alpha value is -4.44. The summed E-state index contributed by atoms with van der Waals surface area (Å²) >= 11 is 24.5. The zero-order valence-electron chi connectivity index (χ0n) is 22.2. The molecule has 0 bridgehead atoms. The number of pyridine rings is 2. The predicted octanol–water partition coefficient (Wildman–Crippen LogP) is 5.88. The van der Waals surface area contributed by atoms with Crippen LogP contribution in [0, 0.1) is 13.8 Å². The number of nitrogens with zero attached hydrogens (tertiary/aromatic N) is 2. The smallest absolute Gasteiger partial charge is 0.281 e. The van der Waals surface area contributed by atoms with E-state index in [-0.39, 0.29) is 43.2 Å². The third kappa shape index (κ3) is 4.79. The van der Waals surface area contributed by atoms with Gasteiger partial charge in [-0.25, -0.2) is 9.36 Å². The van der Waals surface area contributed by atoms with Crippen LogP contribution in [0.5, 0.6) is 0 Å². The Labute approximate surface area is 260 Å². The standard InChI is InChI=1S/C29H18Cl4N6O4/c1-12-16(26(40)34-24-22(12)28(42)38(36-24)20-8-6-14(30)10-18(20)32)4-3-5-17-13(2)23-25(35-27(17)41)37-39(29(23)43)21-9-7-15(31)11-19(21)33/h4-11H,1-2H3,(H2,34,36,40)(H2,35,37,41). The second-order valence-electron chi connectivity index (χ2n) is 9.64. The van der Waals surface area contributed by atoms with Crippen LogP contribution in [-0.2, 0) is 0 Å². The molecule has 0 aliphatic carbocycles. The maximum atomic E-state index is 13.3. The third-order valence-corrected chi connectivity index (χ3v) is 8.14. The van der Waals surface area contributed by atoms with Crippen molar-refractivity contribution in [3.8, 4) is 11.4 Å². The topological polar surface area (TPSA) is 141 Å². The summed E-state index contributed by atoms with van der Waals surface area (Å²) < 4.78 is 2.43. The van der Waals surface area contributed by atoms with Crippen LogP contribution in [0.25, 0.3) is 45.6 Å². The van der Waals surface area contributed by atoms with Gasteiger partial charge in [0.2, 0.25) is 0 Å². The van der Waals surface area contributed by atoms with Crippen molar-refractivity contribution in [1.82, 2.24) is 29.5 Å². The second-order valence-corrected chi connectivity index (χ2v) is 11.3. The quantitative estimate of drug-likeness (QED) is 0.176. The van der Waals surface area contributed by atoms with E-state index >= 15 is 0 Å². The summed E-state index contributed by atoms with van der Waals surface area (Å²) in [5.41, 5.74) is 3.23. The molecule has 2 aromatic carbocycles.